The average Bonchev–Trinajstić information content (AvgIpc) is 2.59. The van der Waals surface area contributed by atoms with E-state index in [4.69, 9.17) is 9.05 Å². The third-order valence-electron chi connectivity index (χ3n) is 3.08. The summed E-state index contributed by atoms with van der Waals surface area (Å²) in [5.74, 6) is -0.496. The number of allylic oxidation sites excluding steroid dienone is 1. The van der Waals surface area contributed by atoms with E-state index >= 15 is 0 Å². The zero-order chi connectivity index (χ0) is 19.0. The fourth-order valence-corrected chi connectivity index (χ4v) is 2.91. The second-order valence-corrected chi connectivity index (χ2v) is 7.07. The van der Waals surface area contributed by atoms with E-state index in [9.17, 15) is 9.36 Å². The van der Waals surface area contributed by atoms with Crippen molar-refractivity contribution in [1.82, 2.24) is 0 Å². The molecule has 0 fully saturated rings. The predicted molar refractivity (Wildman–Crippen MR) is 100 cm³/mol. The van der Waals surface area contributed by atoms with Crippen molar-refractivity contribution in [3.05, 3.63) is 24.0 Å². The van der Waals surface area contributed by atoms with Crippen LogP contribution in [0, 0.1) is 0 Å². The van der Waals surface area contributed by atoms with Gasteiger partial charge in [0, 0.05) is 6.66 Å². The van der Waals surface area contributed by atoms with Gasteiger partial charge in [-0.15, -0.1) is 0 Å². The van der Waals surface area contributed by atoms with Gasteiger partial charge < -0.3 is 9.26 Å². The van der Waals surface area contributed by atoms with Crippen molar-refractivity contribution in [2.24, 2.45) is 0 Å². The molecular formula is C18H35O5P. The van der Waals surface area contributed by atoms with Crippen molar-refractivity contribution in [3.8, 4) is 0 Å². The van der Waals surface area contributed by atoms with Gasteiger partial charge in [-0.25, -0.2) is 9.36 Å². The first kappa shape index (κ1) is 25.2. The molecule has 0 aromatic carbocycles. The molecule has 0 saturated heterocycles. The smallest absolute Gasteiger partial charge is 0.376 e. The van der Waals surface area contributed by atoms with Gasteiger partial charge in [-0.05, 0) is 19.4 Å². The van der Waals surface area contributed by atoms with E-state index in [0.717, 1.165) is 19.3 Å². The lowest BCUT2D eigenvalue weighted by Crippen LogP contribution is -2.08. The Hall–Kier alpha value is -1.06. The monoisotopic (exact) mass is 362 g/mol. The summed E-state index contributed by atoms with van der Waals surface area (Å²) in [5.41, 5.74) is 0.0234. The lowest BCUT2D eigenvalue weighted by Gasteiger charge is -2.18. The number of esters is 1. The van der Waals surface area contributed by atoms with Crippen molar-refractivity contribution in [2.45, 2.75) is 66.2 Å². The van der Waals surface area contributed by atoms with Crippen LogP contribution in [0.1, 0.15) is 66.2 Å². The molecule has 0 aromatic rings. The molecule has 0 spiro atoms. The second kappa shape index (κ2) is 15.5. The molecule has 0 bridgehead atoms. The summed E-state index contributed by atoms with van der Waals surface area (Å²) in [4.78, 5) is 11.4. The van der Waals surface area contributed by atoms with Crippen molar-refractivity contribution in [2.75, 3.05) is 20.4 Å². The highest BCUT2D eigenvalue weighted by molar-refractivity contribution is 7.53. The summed E-state index contributed by atoms with van der Waals surface area (Å²) in [6, 6.07) is 0. The molecule has 5 nitrogen and oxygen atoms in total. The maximum absolute atomic E-state index is 12.3. The fourth-order valence-electron chi connectivity index (χ4n) is 1.82. The summed E-state index contributed by atoms with van der Waals surface area (Å²) in [5, 5.41) is 0. The first-order valence-corrected chi connectivity index (χ1v) is 10.7. The maximum Gasteiger partial charge on any atom is 0.376 e. The van der Waals surface area contributed by atoms with Crippen molar-refractivity contribution in [3.63, 3.8) is 0 Å². The Morgan fingerprint density at radius 3 is 2.17 bits per heavy atom. The third kappa shape index (κ3) is 12.4. The molecular weight excluding hydrogens is 327 g/mol. The topological polar surface area (TPSA) is 61.8 Å². The maximum atomic E-state index is 12.3. The van der Waals surface area contributed by atoms with E-state index < -0.39 is 13.6 Å². The van der Waals surface area contributed by atoms with Crippen LogP contribution in [0.15, 0.2) is 24.0 Å². The molecule has 0 heterocycles. The minimum Gasteiger partial charge on any atom is -0.465 e. The van der Waals surface area contributed by atoms with Crippen LogP contribution in [0.5, 0.6) is 0 Å². The lowest BCUT2D eigenvalue weighted by atomic mass is 10.1. The Bertz CT molecular complexity index is 429. The van der Waals surface area contributed by atoms with E-state index in [1.807, 2.05) is 13.8 Å². The molecule has 24 heavy (non-hydrogen) atoms. The largest absolute Gasteiger partial charge is 0.465 e. The van der Waals surface area contributed by atoms with Gasteiger partial charge in [-0.1, -0.05) is 59.5 Å². The molecule has 0 amide bonds. The molecule has 142 valence electrons. The fraction of sp³-hybridized carbons (Fsp3) is 0.722. The Kier molecular flexibility index (Phi) is 16.2. The molecule has 0 aliphatic rings. The summed E-state index contributed by atoms with van der Waals surface area (Å²) in [6.07, 6.45) is 8.24. The van der Waals surface area contributed by atoms with Crippen molar-refractivity contribution >= 4 is 13.6 Å². The summed E-state index contributed by atoms with van der Waals surface area (Å²) < 4.78 is 27.5. The molecule has 6 heteroatoms. The minimum atomic E-state index is -3.27. The average molecular weight is 362 g/mol. The van der Waals surface area contributed by atoms with Gasteiger partial charge in [0.05, 0.1) is 19.3 Å². The Morgan fingerprint density at radius 2 is 1.67 bits per heavy atom. The normalized spacial score (nSPS) is 13.3. The van der Waals surface area contributed by atoms with E-state index in [0.29, 0.717) is 6.61 Å². The van der Waals surface area contributed by atoms with Gasteiger partial charge in [-0.3, -0.25) is 4.52 Å². The van der Waals surface area contributed by atoms with Crippen LogP contribution < -0.4 is 0 Å². The van der Waals surface area contributed by atoms with Gasteiger partial charge >= 0.3 is 13.6 Å². The molecule has 0 aliphatic carbocycles. The molecule has 0 saturated carbocycles. The van der Waals surface area contributed by atoms with E-state index in [2.05, 4.69) is 18.2 Å². The quantitative estimate of drug-likeness (QED) is 0.109. The number of carbonyl (C=O) groups is 1. The van der Waals surface area contributed by atoms with Crippen LogP contribution in [-0.4, -0.2) is 26.4 Å². The highest BCUT2D eigenvalue weighted by atomic mass is 31.2. The first-order chi connectivity index (χ1) is 11.4. The van der Waals surface area contributed by atoms with Crippen molar-refractivity contribution in [1.29, 1.82) is 0 Å². The standard InChI is InChI=1S/C16H29O5P.C2H6/c1-6-8-9-10-11-12-13-20-22(5,18)21-15(7-2)14(3)16(17)19-4;1-2/h7H,3,6,8-13H2,1-2,4-5H3;1-2H3/b15-7+;. The lowest BCUT2D eigenvalue weighted by molar-refractivity contribution is -0.136. The van der Waals surface area contributed by atoms with E-state index in [1.54, 1.807) is 6.92 Å². The van der Waals surface area contributed by atoms with Crippen molar-refractivity contribution < 1.29 is 23.1 Å². The van der Waals surface area contributed by atoms with Gasteiger partial charge in [0.2, 0.25) is 0 Å². The Labute approximate surface area is 148 Å². The highest BCUT2D eigenvalue weighted by Gasteiger charge is 2.23. The van der Waals surface area contributed by atoms with Crippen LogP contribution >= 0.6 is 7.60 Å². The van der Waals surface area contributed by atoms with E-state index in [1.165, 1.54) is 39.1 Å². The van der Waals surface area contributed by atoms with Gasteiger partial charge in [0.1, 0.15) is 5.76 Å². The number of ether oxygens (including phenoxy) is 1. The SMILES string of the molecule is C=C(C(=O)OC)/C(=C\C)OP(C)(=O)OCCCCCCCC.CC. The molecule has 0 aliphatic heterocycles. The zero-order valence-corrected chi connectivity index (χ0v) is 17.1. The first-order valence-electron chi connectivity index (χ1n) is 8.73. The summed E-state index contributed by atoms with van der Waals surface area (Å²) in [6.45, 7) is 13.2. The molecule has 1 unspecified atom stereocenters. The highest BCUT2D eigenvalue weighted by Crippen LogP contribution is 2.47. The van der Waals surface area contributed by atoms with Crippen LogP contribution in [0.2, 0.25) is 0 Å². The van der Waals surface area contributed by atoms with Gasteiger partial charge in [-0.2, -0.15) is 0 Å². The number of rotatable bonds is 12. The third-order valence-corrected chi connectivity index (χ3v) is 4.26. The summed E-state index contributed by atoms with van der Waals surface area (Å²) in [7, 11) is -2.02. The van der Waals surface area contributed by atoms with Crippen LogP contribution in [-0.2, 0) is 23.1 Å². The molecule has 1 atom stereocenters. The zero-order valence-electron chi connectivity index (χ0n) is 16.2. The predicted octanol–water partition coefficient (Wildman–Crippen LogP) is 5.86. The molecule has 0 rings (SSSR count). The minimum absolute atomic E-state index is 0.0234. The Morgan fingerprint density at radius 1 is 1.12 bits per heavy atom. The van der Waals surface area contributed by atoms with Gasteiger partial charge in [0.25, 0.3) is 0 Å². The van der Waals surface area contributed by atoms with E-state index in [-0.39, 0.29) is 11.3 Å². The molecule has 0 radical (unpaired) electrons. The number of hydrogen-bond donors (Lipinski definition) is 0. The number of unbranched alkanes of at least 4 members (excludes halogenated alkanes) is 5. The number of carbonyl (C=O) groups excluding carboxylic acids is 1. The number of hydrogen-bond acceptors (Lipinski definition) is 5. The molecule has 0 aromatic heterocycles. The molecule has 0 N–H and O–H groups in total. The van der Waals surface area contributed by atoms with Gasteiger partial charge in [0.15, 0.2) is 0 Å². The Balaban J connectivity index is 0. The van der Waals surface area contributed by atoms with Crippen LogP contribution in [0.25, 0.3) is 0 Å². The van der Waals surface area contributed by atoms with Crippen LogP contribution in [0.4, 0.5) is 0 Å². The summed E-state index contributed by atoms with van der Waals surface area (Å²) >= 11 is 0. The second-order valence-electron chi connectivity index (χ2n) is 5.09. The number of methoxy groups -OCH3 is 1. The van der Waals surface area contributed by atoms with Crippen LogP contribution in [0.3, 0.4) is 0 Å².